The topological polar surface area (TPSA) is 100.0 Å². The van der Waals surface area contributed by atoms with Crippen LogP contribution in [0, 0.1) is 0 Å². The smallest absolute Gasteiger partial charge is 0.334 e. The van der Waals surface area contributed by atoms with Crippen molar-refractivity contribution in [1.82, 2.24) is 9.88 Å². The number of pyridine rings is 1. The molecule has 0 spiro atoms. The maximum Gasteiger partial charge on any atom is 0.334 e. The van der Waals surface area contributed by atoms with Crippen LogP contribution in [-0.2, 0) is 20.7 Å². The zero-order chi connectivity index (χ0) is 21.8. The number of hydrogen-bond donors (Lipinski definition) is 2. The highest BCUT2D eigenvalue weighted by molar-refractivity contribution is 5.95. The Labute approximate surface area is 180 Å². The van der Waals surface area contributed by atoms with Gasteiger partial charge in [0.05, 0.1) is 12.2 Å². The summed E-state index contributed by atoms with van der Waals surface area (Å²) in [5, 5.41) is 18.3. The summed E-state index contributed by atoms with van der Waals surface area (Å²) in [5.41, 5.74) is 6.03. The van der Waals surface area contributed by atoms with E-state index in [1.807, 2.05) is 12.1 Å². The summed E-state index contributed by atoms with van der Waals surface area (Å²) in [6.45, 7) is 2.18. The van der Waals surface area contributed by atoms with Gasteiger partial charge in [-0.15, -0.1) is 0 Å². The molecule has 7 nitrogen and oxygen atoms in total. The SMILES string of the molecule is O=C(O)C=C(C(=O)O)C1CN(CCC2=CCc3c2cccc3-c2ccncc2)CCO1. The molecule has 31 heavy (non-hydrogen) atoms. The van der Waals surface area contributed by atoms with Gasteiger partial charge in [0.15, 0.2) is 0 Å². The Morgan fingerprint density at radius 1 is 1.16 bits per heavy atom. The Hall–Kier alpha value is -3.29. The highest BCUT2D eigenvalue weighted by atomic mass is 16.5. The summed E-state index contributed by atoms with van der Waals surface area (Å²) in [5.74, 6) is -2.54. The summed E-state index contributed by atoms with van der Waals surface area (Å²) in [6.07, 6.45) is 7.58. The van der Waals surface area contributed by atoms with Gasteiger partial charge in [-0.3, -0.25) is 9.88 Å². The van der Waals surface area contributed by atoms with E-state index < -0.39 is 18.0 Å². The van der Waals surface area contributed by atoms with E-state index in [0.717, 1.165) is 31.0 Å². The fourth-order valence-corrected chi connectivity index (χ4v) is 4.28. The van der Waals surface area contributed by atoms with Crippen molar-refractivity contribution in [2.45, 2.75) is 18.9 Å². The molecule has 0 bridgehead atoms. The van der Waals surface area contributed by atoms with Crippen molar-refractivity contribution >= 4 is 17.5 Å². The second-order valence-corrected chi connectivity index (χ2v) is 7.65. The first-order valence-corrected chi connectivity index (χ1v) is 10.3. The van der Waals surface area contributed by atoms with Gasteiger partial charge < -0.3 is 14.9 Å². The number of hydrogen-bond acceptors (Lipinski definition) is 5. The quantitative estimate of drug-likeness (QED) is 0.665. The lowest BCUT2D eigenvalue weighted by atomic mass is 9.95. The summed E-state index contributed by atoms with van der Waals surface area (Å²) in [7, 11) is 0. The molecule has 2 aromatic rings. The minimum atomic E-state index is -1.28. The maximum absolute atomic E-state index is 11.5. The molecule has 1 aromatic carbocycles. The number of carboxylic acid groups (broad SMARTS) is 2. The Morgan fingerprint density at radius 3 is 2.68 bits per heavy atom. The van der Waals surface area contributed by atoms with E-state index in [1.165, 1.54) is 22.3 Å². The van der Waals surface area contributed by atoms with Crippen LogP contribution in [0.15, 0.2) is 60.5 Å². The van der Waals surface area contributed by atoms with Crippen LogP contribution in [0.5, 0.6) is 0 Å². The van der Waals surface area contributed by atoms with Gasteiger partial charge in [0.2, 0.25) is 0 Å². The third-order valence-corrected chi connectivity index (χ3v) is 5.79. The van der Waals surface area contributed by atoms with Gasteiger partial charge in [-0.1, -0.05) is 24.3 Å². The van der Waals surface area contributed by atoms with Gasteiger partial charge in [-0.05, 0) is 52.8 Å². The molecule has 1 aromatic heterocycles. The standard InChI is InChI=1S/C24H24N2O5/c27-23(28)14-21(24(29)30)22-15-26(12-13-31-22)11-8-16-4-5-20-18(16)2-1-3-19(20)17-6-9-25-10-7-17/h1-4,6-7,9-10,14,22H,5,8,11-13,15H2,(H,27,28)(H,29,30). The van der Waals surface area contributed by atoms with Crippen molar-refractivity contribution in [3.05, 3.63) is 71.6 Å². The summed E-state index contributed by atoms with van der Waals surface area (Å²) in [4.78, 5) is 28.7. The number of allylic oxidation sites excluding steroid dienone is 1. The number of nitrogens with zero attached hydrogens (tertiary/aromatic N) is 2. The van der Waals surface area contributed by atoms with E-state index in [9.17, 15) is 14.7 Å². The number of aliphatic carboxylic acids is 2. The lowest BCUT2D eigenvalue weighted by Gasteiger charge is -2.33. The fraction of sp³-hybridized carbons (Fsp3) is 0.292. The molecular formula is C24H24N2O5. The average Bonchev–Trinajstić information content (AvgIpc) is 3.20. The molecule has 2 N–H and O–H groups in total. The first-order valence-electron chi connectivity index (χ1n) is 10.3. The van der Waals surface area contributed by atoms with E-state index in [1.54, 1.807) is 12.4 Å². The molecule has 1 atom stereocenters. The van der Waals surface area contributed by atoms with E-state index in [-0.39, 0.29) is 5.57 Å². The molecule has 1 unspecified atom stereocenters. The Morgan fingerprint density at radius 2 is 1.94 bits per heavy atom. The Kier molecular flexibility index (Phi) is 6.25. The van der Waals surface area contributed by atoms with Gasteiger partial charge in [0, 0.05) is 38.1 Å². The second-order valence-electron chi connectivity index (χ2n) is 7.65. The largest absolute Gasteiger partial charge is 0.478 e. The van der Waals surface area contributed by atoms with Crippen LogP contribution in [0.3, 0.4) is 0 Å². The third-order valence-electron chi connectivity index (χ3n) is 5.79. The van der Waals surface area contributed by atoms with Crippen LogP contribution in [0.4, 0.5) is 0 Å². The molecule has 1 fully saturated rings. The normalized spacial score (nSPS) is 19.0. The van der Waals surface area contributed by atoms with Crippen molar-refractivity contribution in [1.29, 1.82) is 0 Å². The molecule has 0 saturated carbocycles. The number of carboxylic acids is 2. The minimum absolute atomic E-state index is 0.218. The Balaban J connectivity index is 1.43. The number of benzene rings is 1. The molecular weight excluding hydrogens is 396 g/mol. The monoisotopic (exact) mass is 420 g/mol. The zero-order valence-electron chi connectivity index (χ0n) is 17.0. The van der Waals surface area contributed by atoms with Gasteiger partial charge >= 0.3 is 11.9 Å². The predicted molar refractivity (Wildman–Crippen MR) is 116 cm³/mol. The van der Waals surface area contributed by atoms with Gasteiger partial charge in [-0.2, -0.15) is 0 Å². The summed E-state index contributed by atoms with van der Waals surface area (Å²) in [6, 6.07) is 10.4. The molecule has 2 heterocycles. The van der Waals surface area contributed by atoms with Gasteiger partial charge in [0.25, 0.3) is 0 Å². The number of morpholine rings is 1. The summed E-state index contributed by atoms with van der Waals surface area (Å²) >= 11 is 0. The number of aromatic nitrogens is 1. The molecule has 2 aliphatic rings. The lowest BCUT2D eigenvalue weighted by molar-refractivity contribution is -0.137. The first-order chi connectivity index (χ1) is 15.0. The van der Waals surface area contributed by atoms with Crippen LogP contribution in [0.1, 0.15) is 17.5 Å². The number of fused-ring (bicyclic) bond motifs is 1. The molecule has 1 saturated heterocycles. The minimum Gasteiger partial charge on any atom is -0.478 e. The molecule has 1 aliphatic heterocycles. The molecule has 0 amide bonds. The third kappa shape index (κ3) is 4.73. The number of ether oxygens (including phenoxy) is 1. The van der Waals surface area contributed by atoms with Crippen molar-refractivity contribution < 1.29 is 24.5 Å². The van der Waals surface area contributed by atoms with Crippen LogP contribution < -0.4 is 0 Å². The zero-order valence-corrected chi connectivity index (χ0v) is 17.0. The molecule has 0 radical (unpaired) electrons. The molecule has 160 valence electrons. The highest BCUT2D eigenvalue weighted by Crippen LogP contribution is 2.36. The van der Waals surface area contributed by atoms with E-state index in [2.05, 4.69) is 34.2 Å². The van der Waals surface area contributed by atoms with E-state index in [0.29, 0.717) is 19.7 Å². The Bertz CT molecular complexity index is 1050. The van der Waals surface area contributed by atoms with Crippen LogP contribution >= 0.6 is 0 Å². The van der Waals surface area contributed by atoms with Crippen molar-refractivity contribution in [2.75, 3.05) is 26.2 Å². The fourth-order valence-electron chi connectivity index (χ4n) is 4.28. The van der Waals surface area contributed by atoms with Gasteiger partial charge in [-0.25, -0.2) is 9.59 Å². The van der Waals surface area contributed by atoms with Crippen molar-refractivity contribution in [2.24, 2.45) is 0 Å². The molecule has 7 heteroatoms. The van der Waals surface area contributed by atoms with Crippen molar-refractivity contribution in [3.63, 3.8) is 0 Å². The average molecular weight is 420 g/mol. The number of carbonyl (C=O) groups is 2. The first kappa shape index (κ1) is 21.0. The second kappa shape index (κ2) is 9.24. The summed E-state index contributed by atoms with van der Waals surface area (Å²) < 4.78 is 5.55. The molecule has 4 rings (SSSR count). The lowest BCUT2D eigenvalue weighted by Crippen LogP contribution is -2.44. The highest BCUT2D eigenvalue weighted by Gasteiger charge is 2.28. The van der Waals surface area contributed by atoms with Crippen molar-refractivity contribution in [3.8, 4) is 11.1 Å². The van der Waals surface area contributed by atoms with Crippen LogP contribution in [-0.4, -0.2) is 64.4 Å². The van der Waals surface area contributed by atoms with Crippen LogP contribution in [0.2, 0.25) is 0 Å². The predicted octanol–water partition coefficient (Wildman–Crippen LogP) is 2.87. The number of rotatable bonds is 7. The van der Waals surface area contributed by atoms with Gasteiger partial charge in [0.1, 0.15) is 6.10 Å². The van der Waals surface area contributed by atoms with Crippen LogP contribution in [0.25, 0.3) is 16.7 Å². The molecule has 1 aliphatic carbocycles. The van der Waals surface area contributed by atoms with E-state index in [4.69, 9.17) is 9.84 Å². The maximum atomic E-state index is 11.5. The van der Waals surface area contributed by atoms with E-state index >= 15 is 0 Å².